The highest BCUT2D eigenvalue weighted by Gasteiger charge is 2.24. The van der Waals surface area contributed by atoms with Gasteiger partial charge in [0.05, 0.1) is 0 Å². The van der Waals surface area contributed by atoms with Crippen LogP contribution in [0.15, 0.2) is 11.4 Å². The highest BCUT2D eigenvalue weighted by molar-refractivity contribution is 7.10. The van der Waals surface area contributed by atoms with Crippen molar-refractivity contribution in [2.45, 2.75) is 19.5 Å². The van der Waals surface area contributed by atoms with Crippen LogP contribution in [0.1, 0.15) is 10.4 Å². The molecule has 0 saturated carbocycles. The van der Waals surface area contributed by atoms with Crippen LogP contribution in [0.5, 0.6) is 0 Å². The van der Waals surface area contributed by atoms with Gasteiger partial charge in [-0.25, -0.2) is 0 Å². The third-order valence-electron chi connectivity index (χ3n) is 3.39. The van der Waals surface area contributed by atoms with Crippen LogP contribution in [0, 0.1) is 6.92 Å². The van der Waals surface area contributed by atoms with E-state index in [4.69, 9.17) is 5.73 Å². The maximum atomic E-state index is 5.86. The fraction of sp³-hybridized carbons (Fsp3) is 0.667. The Morgan fingerprint density at radius 2 is 2.31 bits per heavy atom. The van der Waals surface area contributed by atoms with Crippen LogP contribution in [0.3, 0.4) is 0 Å². The summed E-state index contributed by atoms with van der Waals surface area (Å²) < 4.78 is 0. The third-order valence-corrected chi connectivity index (χ3v) is 4.40. The molecule has 1 unspecified atom stereocenters. The van der Waals surface area contributed by atoms with E-state index in [1.54, 1.807) is 0 Å². The van der Waals surface area contributed by atoms with Gasteiger partial charge in [-0.1, -0.05) is 0 Å². The molecule has 16 heavy (non-hydrogen) atoms. The lowest BCUT2D eigenvalue weighted by Crippen LogP contribution is -2.54. The van der Waals surface area contributed by atoms with Crippen LogP contribution in [0.25, 0.3) is 0 Å². The first-order chi connectivity index (χ1) is 7.70. The summed E-state index contributed by atoms with van der Waals surface area (Å²) in [5.74, 6) is 0. The average Bonchev–Trinajstić information content (AvgIpc) is 2.67. The zero-order valence-corrected chi connectivity index (χ0v) is 11.0. The summed E-state index contributed by atoms with van der Waals surface area (Å²) in [5.41, 5.74) is 7.27. The molecule has 2 N–H and O–H groups in total. The summed E-state index contributed by atoms with van der Waals surface area (Å²) in [6, 6.07) is 2.72. The molecule has 1 saturated heterocycles. The molecule has 2 heterocycles. The van der Waals surface area contributed by atoms with Crippen molar-refractivity contribution in [2.24, 2.45) is 5.73 Å². The SMILES string of the molecule is Cc1ccsc1CN1CCN(C)CC1CN. The largest absolute Gasteiger partial charge is 0.329 e. The van der Waals surface area contributed by atoms with Gasteiger partial charge in [0.15, 0.2) is 0 Å². The van der Waals surface area contributed by atoms with Crippen LogP contribution in [0.2, 0.25) is 0 Å². The molecule has 3 nitrogen and oxygen atoms in total. The Hall–Kier alpha value is -0.420. The lowest BCUT2D eigenvalue weighted by atomic mass is 10.1. The van der Waals surface area contributed by atoms with Gasteiger partial charge in [-0.3, -0.25) is 4.90 Å². The summed E-state index contributed by atoms with van der Waals surface area (Å²) in [4.78, 5) is 6.39. The van der Waals surface area contributed by atoms with E-state index in [-0.39, 0.29) is 0 Å². The summed E-state index contributed by atoms with van der Waals surface area (Å²) in [6.07, 6.45) is 0. The maximum Gasteiger partial charge on any atom is 0.0349 e. The summed E-state index contributed by atoms with van der Waals surface area (Å²) >= 11 is 1.86. The molecule has 0 radical (unpaired) electrons. The van der Waals surface area contributed by atoms with Gasteiger partial charge in [-0.05, 0) is 31.0 Å². The van der Waals surface area contributed by atoms with Crippen LogP contribution in [-0.2, 0) is 6.54 Å². The molecular formula is C12H21N3S. The number of likely N-dealkylation sites (N-methyl/N-ethyl adjacent to an activating group) is 1. The minimum Gasteiger partial charge on any atom is -0.329 e. The first-order valence-corrected chi connectivity index (χ1v) is 6.74. The van der Waals surface area contributed by atoms with Gasteiger partial charge in [-0.15, -0.1) is 11.3 Å². The Morgan fingerprint density at radius 1 is 1.50 bits per heavy atom. The maximum absolute atomic E-state index is 5.86. The number of nitrogens with two attached hydrogens (primary N) is 1. The lowest BCUT2D eigenvalue weighted by Gasteiger charge is -2.39. The van der Waals surface area contributed by atoms with Gasteiger partial charge in [0, 0.05) is 43.6 Å². The Bertz CT molecular complexity index is 337. The summed E-state index contributed by atoms with van der Waals surface area (Å²) in [5, 5.41) is 2.18. The van der Waals surface area contributed by atoms with E-state index < -0.39 is 0 Å². The molecule has 0 amide bonds. The molecule has 1 aromatic rings. The Kier molecular flexibility index (Phi) is 3.97. The van der Waals surface area contributed by atoms with Crippen molar-refractivity contribution in [3.8, 4) is 0 Å². The van der Waals surface area contributed by atoms with Crippen molar-refractivity contribution < 1.29 is 0 Å². The van der Waals surface area contributed by atoms with E-state index in [0.717, 1.165) is 32.7 Å². The van der Waals surface area contributed by atoms with E-state index in [1.807, 2.05) is 11.3 Å². The van der Waals surface area contributed by atoms with Gasteiger partial charge in [0.1, 0.15) is 0 Å². The van der Waals surface area contributed by atoms with Gasteiger partial charge in [-0.2, -0.15) is 0 Å². The number of hydrogen-bond donors (Lipinski definition) is 1. The molecular weight excluding hydrogens is 218 g/mol. The molecule has 1 atom stereocenters. The number of hydrogen-bond acceptors (Lipinski definition) is 4. The van der Waals surface area contributed by atoms with Crippen LogP contribution in [0.4, 0.5) is 0 Å². The number of thiophene rings is 1. The predicted molar refractivity (Wildman–Crippen MR) is 69.8 cm³/mol. The second-order valence-corrected chi connectivity index (χ2v) is 5.65. The predicted octanol–water partition coefficient (Wildman–Crippen LogP) is 1.13. The van der Waals surface area contributed by atoms with Crippen LogP contribution >= 0.6 is 11.3 Å². The zero-order chi connectivity index (χ0) is 11.5. The molecule has 1 aliphatic heterocycles. The topological polar surface area (TPSA) is 32.5 Å². The normalized spacial score (nSPS) is 23.8. The Morgan fingerprint density at radius 3 is 2.94 bits per heavy atom. The van der Waals surface area contributed by atoms with E-state index in [0.29, 0.717) is 6.04 Å². The average molecular weight is 239 g/mol. The highest BCUT2D eigenvalue weighted by Crippen LogP contribution is 2.20. The fourth-order valence-corrected chi connectivity index (χ4v) is 3.16. The van der Waals surface area contributed by atoms with Crippen LogP contribution in [-0.4, -0.2) is 49.1 Å². The number of piperazine rings is 1. The standard InChI is InChI=1S/C12H21N3S/c1-10-3-6-16-12(10)9-15-5-4-14(2)8-11(15)7-13/h3,6,11H,4-5,7-9,13H2,1-2H3. The van der Waals surface area contributed by atoms with Gasteiger partial charge >= 0.3 is 0 Å². The summed E-state index contributed by atoms with van der Waals surface area (Å²) in [6.45, 7) is 7.41. The lowest BCUT2D eigenvalue weighted by molar-refractivity contribution is 0.0888. The molecule has 90 valence electrons. The Balaban J connectivity index is 2.01. The fourth-order valence-electron chi connectivity index (χ4n) is 2.23. The van der Waals surface area contributed by atoms with Crippen LogP contribution < -0.4 is 5.73 Å². The van der Waals surface area contributed by atoms with Gasteiger partial charge in [0.2, 0.25) is 0 Å². The molecule has 1 fully saturated rings. The molecule has 2 rings (SSSR count). The molecule has 0 aliphatic carbocycles. The first-order valence-electron chi connectivity index (χ1n) is 5.86. The first kappa shape index (κ1) is 12.0. The van der Waals surface area contributed by atoms with Crippen molar-refractivity contribution in [3.05, 3.63) is 21.9 Å². The smallest absolute Gasteiger partial charge is 0.0349 e. The van der Waals surface area contributed by atoms with Crippen molar-refractivity contribution in [1.82, 2.24) is 9.80 Å². The summed E-state index contributed by atoms with van der Waals surface area (Å²) in [7, 11) is 2.18. The number of nitrogens with zero attached hydrogens (tertiary/aromatic N) is 2. The van der Waals surface area contributed by atoms with Crippen molar-refractivity contribution in [3.63, 3.8) is 0 Å². The number of aryl methyl sites for hydroxylation is 1. The zero-order valence-electron chi connectivity index (χ0n) is 10.1. The monoisotopic (exact) mass is 239 g/mol. The van der Waals surface area contributed by atoms with Crippen molar-refractivity contribution in [1.29, 1.82) is 0 Å². The second-order valence-electron chi connectivity index (χ2n) is 4.65. The molecule has 1 aromatic heterocycles. The third kappa shape index (κ3) is 2.63. The minimum atomic E-state index is 0.514. The molecule has 0 aromatic carbocycles. The van der Waals surface area contributed by atoms with E-state index in [1.165, 1.54) is 10.4 Å². The van der Waals surface area contributed by atoms with E-state index >= 15 is 0 Å². The highest BCUT2D eigenvalue weighted by atomic mass is 32.1. The van der Waals surface area contributed by atoms with Gasteiger partial charge < -0.3 is 10.6 Å². The second kappa shape index (κ2) is 5.27. The Labute approximate surface area is 102 Å². The number of rotatable bonds is 3. The molecule has 0 spiro atoms. The molecule has 1 aliphatic rings. The van der Waals surface area contributed by atoms with Crippen molar-refractivity contribution >= 4 is 11.3 Å². The van der Waals surface area contributed by atoms with E-state index in [9.17, 15) is 0 Å². The van der Waals surface area contributed by atoms with E-state index in [2.05, 4.69) is 35.2 Å². The quantitative estimate of drug-likeness (QED) is 0.858. The van der Waals surface area contributed by atoms with Crippen molar-refractivity contribution in [2.75, 3.05) is 33.2 Å². The van der Waals surface area contributed by atoms with Gasteiger partial charge in [0.25, 0.3) is 0 Å². The molecule has 4 heteroatoms. The minimum absolute atomic E-state index is 0.514. The molecule has 0 bridgehead atoms.